The van der Waals surface area contributed by atoms with Crippen molar-refractivity contribution >= 4 is 6.03 Å². The van der Waals surface area contributed by atoms with Crippen LogP contribution >= 0.6 is 0 Å². The number of rotatable bonds is 5. The van der Waals surface area contributed by atoms with E-state index >= 15 is 0 Å². The van der Waals surface area contributed by atoms with Crippen LogP contribution in [0.15, 0.2) is 41.0 Å². The van der Waals surface area contributed by atoms with Gasteiger partial charge in [0, 0.05) is 13.6 Å². The van der Waals surface area contributed by atoms with Crippen LogP contribution in [0.4, 0.5) is 13.6 Å². The molecule has 1 atom stereocenters. The lowest BCUT2D eigenvalue weighted by Gasteiger charge is -2.23. The van der Waals surface area contributed by atoms with Crippen LogP contribution in [0.2, 0.25) is 0 Å². The summed E-state index contributed by atoms with van der Waals surface area (Å²) in [5.41, 5.74) is 0.238. The van der Waals surface area contributed by atoms with Crippen LogP contribution in [0.25, 0.3) is 0 Å². The number of hydrogen-bond acceptors (Lipinski definition) is 2. The standard InChI is InChI=1S/C16H18F2N2O2/c1-11(15-4-3-9-22-15)20(2)16(21)19-8-7-12-10-13(17)5-6-14(12)18/h3-6,9-11H,7-8H2,1-2H3,(H,19,21)/t11-/m0/s1. The minimum Gasteiger partial charge on any atom is -0.467 e. The van der Waals surface area contributed by atoms with Gasteiger partial charge in [0.25, 0.3) is 0 Å². The lowest BCUT2D eigenvalue weighted by atomic mass is 10.1. The first-order valence-corrected chi connectivity index (χ1v) is 6.97. The van der Waals surface area contributed by atoms with Gasteiger partial charge in [-0.25, -0.2) is 13.6 Å². The van der Waals surface area contributed by atoms with Crippen LogP contribution in [0.1, 0.15) is 24.3 Å². The monoisotopic (exact) mass is 308 g/mol. The third kappa shape index (κ3) is 3.84. The lowest BCUT2D eigenvalue weighted by Crippen LogP contribution is -2.39. The number of nitrogens with zero attached hydrogens (tertiary/aromatic N) is 1. The fraction of sp³-hybridized carbons (Fsp3) is 0.312. The number of benzene rings is 1. The largest absolute Gasteiger partial charge is 0.467 e. The van der Waals surface area contributed by atoms with Gasteiger partial charge in [-0.1, -0.05) is 0 Å². The molecule has 0 aliphatic rings. The second-order valence-electron chi connectivity index (χ2n) is 5.02. The van der Waals surface area contributed by atoms with Crippen LogP contribution in [0.3, 0.4) is 0 Å². The molecule has 0 saturated carbocycles. The van der Waals surface area contributed by atoms with E-state index in [2.05, 4.69) is 5.32 Å². The van der Waals surface area contributed by atoms with Crippen LogP contribution in [-0.2, 0) is 6.42 Å². The molecular weight excluding hydrogens is 290 g/mol. The molecule has 1 N–H and O–H groups in total. The Morgan fingerprint density at radius 3 is 2.82 bits per heavy atom. The van der Waals surface area contributed by atoms with Gasteiger partial charge in [0.1, 0.15) is 17.4 Å². The molecule has 0 aliphatic heterocycles. The van der Waals surface area contributed by atoms with Crippen molar-refractivity contribution in [2.45, 2.75) is 19.4 Å². The van der Waals surface area contributed by atoms with E-state index in [9.17, 15) is 13.6 Å². The normalized spacial score (nSPS) is 12.0. The Bertz CT molecular complexity index is 629. The molecule has 0 saturated heterocycles. The second kappa shape index (κ2) is 7.06. The molecule has 6 heteroatoms. The van der Waals surface area contributed by atoms with Gasteiger partial charge >= 0.3 is 6.03 Å². The molecule has 0 bridgehead atoms. The van der Waals surface area contributed by atoms with Crippen LogP contribution in [0.5, 0.6) is 0 Å². The fourth-order valence-corrected chi connectivity index (χ4v) is 2.06. The summed E-state index contributed by atoms with van der Waals surface area (Å²) in [5, 5.41) is 2.68. The van der Waals surface area contributed by atoms with Crippen molar-refractivity contribution < 1.29 is 18.0 Å². The first-order valence-electron chi connectivity index (χ1n) is 6.97. The highest BCUT2D eigenvalue weighted by Gasteiger charge is 2.19. The zero-order valence-electron chi connectivity index (χ0n) is 12.5. The highest BCUT2D eigenvalue weighted by atomic mass is 19.1. The van der Waals surface area contributed by atoms with Crippen molar-refractivity contribution in [3.8, 4) is 0 Å². The third-order valence-corrected chi connectivity index (χ3v) is 3.53. The van der Waals surface area contributed by atoms with E-state index in [1.54, 1.807) is 25.4 Å². The molecule has 1 heterocycles. The van der Waals surface area contributed by atoms with Crippen molar-refractivity contribution in [3.05, 3.63) is 59.6 Å². The summed E-state index contributed by atoms with van der Waals surface area (Å²) in [7, 11) is 1.64. The number of carbonyl (C=O) groups is 1. The summed E-state index contributed by atoms with van der Waals surface area (Å²) in [6, 6.07) is 6.30. The Morgan fingerprint density at radius 2 is 2.14 bits per heavy atom. The van der Waals surface area contributed by atoms with E-state index in [4.69, 9.17) is 4.42 Å². The molecule has 1 aromatic heterocycles. The topological polar surface area (TPSA) is 45.5 Å². The number of amides is 2. The minimum atomic E-state index is -0.494. The van der Waals surface area contributed by atoms with E-state index in [0.29, 0.717) is 5.76 Å². The molecule has 0 unspecified atom stereocenters. The van der Waals surface area contributed by atoms with E-state index in [1.165, 1.54) is 4.90 Å². The quantitative estimate of drug-likeness (QED) is 0.919. The minimum absolute atomic E-state index is 0.217. The van der Waals surface area contributed by atoms with Crippen molar-refractivity contribution in [1.29, 1.82) is 0 Å². The summed E-state index contributed by atoms with van der Waals surface area (Å²) in [6.07, 6.45) is 1.77. The molecular formula is C16H18F2N2O2. The Hall–Kier alpha value is -2.37. The summed E-state index contributed by atoms with van der Waals surface area (Å²) in [5.74, 6) is -0.298. The first-order chi connectivity index (χ1) is 10.5. The molecule has 0 aliphatic carbocycles. The van der Waals surface area contributed by atoms with Crippen molar-refractivity contribution in [3.63, 3.8) is 0 Å². The Morgan fingerprint density at radius 1 is 1.36 bits per heavy atom. The number of nitrogens with one attached hydrogen (secondary N) is 1. The smallest absolute Gasteiger partial charge is 0.317 e. The maximum atomic E-state index is 13.5. The van der Waals surface area contributed by atoms with Crippen LogP contribution < -0.4 is 5.32 Å². The molecule has 0 spiro atoms. The zero-order valence-corrected chi connectivity index (χ0v) is 12.5. The Balaban J connectivity index is 1.86. The molecule has 0 radical (unpaired) electrons. The van der Waals surface area contributed by atoms with Crippen molar-refractivity contribution in [2.75, 3.05) is 13.6 Å². The van der Waals surface area contributed by atoms with Crippen LogP contribution in [0, 0.1) is 11.6 Å². The van der Waals surface area contributed by atoms with Crippen molar-refractivity contribution in [1.82, 2.24) is 10.2 Å². The maximum absolute atomic E-state index is 13.5. The highest BCUT2D eigenvalue weighted by Crippen LogP contribution is 2.18. The SMILES string of the molecule is C[C@@H](c1ccco1)N(C)C(=O)NCCc1cc(F)ccc1F. The molecule has 1 aromatic carbocycles. The molecule has 118 valence electrons. The summed E-state index contributed by atoms with van der Waals surface area (Å²) >= 11 is 0. The molecule has 0 fully saturated rings. The summed E-state index contributed by atoms with van der Waals surface area (Å²) < 4.78 is 31.8. The first kappa shape index (κ1) is 16.0. The molecule has 22 heavy (non-hydrogen) atoms. The van der Waals surface area contributed by atoms with Gasteiger partial charge in [-0.15, -0.1) is 0 Å². The predicted molar refractivity (Wildman–Crippen MR) is 78.3 cm³/mol. The summed E-state index contributed by atoms with van der Waals surface area (Å²) in [4.78, 5) is 13.5. The Kier molecular flexibility index (Phi) is 5.14. The molecule has 2 amide bonds. The van der Waals surface area contributed by atoms with Crippen LogP contribution in [-0.4, -0.2) is 24.5 Å². The van der Waals surface area contributed by atoms with Gasteiger partial charge in [0.2, 0.25) is 0 Å². The van der Waals surface area contributed by atoms with E-state index in [0.717, 1.165) is 18.2 Å². The highest BCUT2D eigenvalue weighted by molar-refractivity contribution is 5.74. The molecule has 2 aromatic rings. The zero-order chi connectivity index (χ0) is 16.1. The number of urea groups is 1. The number of carbonyl (C=O) groups excluding carboxylic acids is 1. The second-order valence-corrected chi connectivity index (χ2v) is 5.02. The van der Waals surface area contributed by atoms with Gasteiger partial charge in [-0.05, 0) is 49.2 Å². The fourth-order valence-electron chi connectivity index (χ4n) is 2.06. The number of furan rings is 1. The van der Waals surface area contributed by atoms with Gasteiger partial charge in [-0.3, -0.25) is 0 Å². The maximum Gasteiger partial charge on any atom is 0.317 e. The van der Waals surface area contributed by atoms with Gasteiger partial charge < -0.3 is 14.6 Å². The summed E-state index contributed by atoms with van der Waals surface area (Å²) in [6.45, 7) is 2.05. The number of halogens is 2. The van der Waals surface area contributed by atoms with E-state index in [-0.39, 0.29) is 30.6 Å². The number of hydrogen-bond donors (Lipinski definition) is 1. The Labute approximate surface area is 127 Å². The molecule has 4 nitrogen and oxygen atoms in total. The van der Waals surface area contributed by atoms with Crippen molar-refractivity contribution in [2.24, 2.45) is 0 Å². The lowest BCUT2D eigenvalue weighted by molar-refractivity contribution is 0.187. The average Bonchev–Trinajstić information content (AvgIpc) is 3.03. The van der Waals surface area contributed by atoms with Gasteiger partial charge in [0.05, 0.1) is 12.3 Å². The third-order valence-electron chi connectivity index (χ3n) is 3.53. The predicted octanol–water partition coefficient (Wildman–Crippen LogP) is 3.50. The van der Waals surface area contributed by atoms with Gasteiger partial charge in [0.15, 0.2) is 0 Å². The van der Waals surface area contributed by atoms with E-state index in [1.807, 2.05) is 6.92 Å². The molecule has 2 rings (SSSR count). The van der Waals surface area contributed by atoms with E-state index < -0.39 is 11.6 Å². The average molecular weight is 308 g/mol. The van der Waals surface area contributed by atoms with Gasteiger partial charge in [-0.2, -0.15) is 0 Å².